The van der Waals surface area contributed by atoms with Gasteiger partial charge in [0.1, 0.15) is 0 Å². The van der Waals surface area contributed by atoms with Gasteiger partial charge in [-0.25, -0.2) is 0 Å². The molecular weight excluding hydrogens is 352 g/mol. The van der Waals surface area contributed by atoms with E-state index in [9.17, 15) is 9.59 Å². The van der Waals surface area contributed by atoms with Crippen molar-refractivity contribution in [2.45, 2.75) is 6.92 Å². The molecule has 1 N–H and O–H groups in total. The molecule has 0 atom stereocenters. The molecule has 2 amide bonds. The second-order valence-corrected chi connectivity index (χ2v) is 6.25. The average molecular weight is 367 g/mol. The van der Waals surface area contributed by atoms with Crippen LogP contribution in [0.1, 0.15) is 16.6 Å². The van der Waals surface area contributed by atoms with E-state index in [1.807, 2.05) is 35.7 Å². The average Bonchev–Trinajstić information content (AvgIpc) is 2.97. The third-order valence-corrected chi connectivity index (χ3v) is 4.23. The smallest absolute Gasteiger partial charge is 0.261 e. The molecule has 0 radical (unpaired) electrons. The highest BCUT2D eigenvalue weighted by Gasteiger charge is 2.12. The lowest BCUT2D eigenvalue weighted by Crippen LogP contribution is -2.37. The van der Waals surface area contributed by atoms with Crippen LogP contribution in [0.5, 0.6) is 0 Å². The predicted molar refractivity (Wildman–Crippen MR) is 88.8 cm³/mol. The molecule has 110 valence electrons. The number of anilines is 1. The van der Waals surface area contributed by atoms with Crippen LogP contribution < -0.4 is 10.2 Å². The maximum atomic E-state index is 11.8. The molecule has 0 saturated heterocycles. The first-order chi connectivity index (χ1) is 10.1. The third kappa shape index (κ3) is 4.41. The first-order valence-corrected chi connectivity index (χ1v) is 8.10. The Morgan fingerprint density at radius 1 is 1.29 bits per heavy atom. The van der Waals surface area contributed by atoms with Crippen LogP contribution in [-0.4, -0.2) is 24.9 Å². The van der Waals surface area contributed by atoms with E-state index in [4.69, 9.17) is 0 Å². The number of hydrogen-bond donors (Lipinski definition) is 1. The number of nitrogens with zero attached hydrogens (tertiary/aromatic N) is 1. The zero-order valence-electron chi connectivity index (χ0n) is 11.5. The minimum atomic E-state index is -0.109. The number of halogens is 1. The van der Waals surface area contributed by atoms with Gasteiger partial charge >= 0.3 is 0 Å². The van der Waals surface area contributed by atoms with E-state index in [1.165, 1.54) is 18.3 Å². The van der Waals surface area contributed by atoms with Crippen LogP contribution in [0.15, 0.2) is 46.3 Å². The molecule has 0 aliphatic heterocycles. The normalized spacial score (nSPS) is 10.2. The Balaban J connectivity index is 1.95. The standard InChI is InChI=1S/C15H15BrN2O2S/c1-11(19)18(13-5-2-4-12(16)10-13)8-7-17-15(20)14-6-3-9-21-14/h2-6,9-10H,7-8H2,1H3,(H,17,20). The van der Waals surface area contributed by atoms with Crippen molar-refractivity contribution < 1.29 is 9.59 Å². The largest absolute Gasteiger partial charge is 0.350 e. The van der Waals surface area contributed by atoms with E-state index in [0.717, 1.165) is 10.2 Å². The Labute approximate surface area is 135 Å². The van der Waals surface area contributed by atoms with E-state index in [1.54, 1.807) is 11.0 Å². The van der Waals surface area contributed by atoms with E-state index < -0.39 is 0 Å². The van der Waals surface area contributed by atoms with E-state index >= 15 is 0 Å². The van der Waals surface area contributed by atoms with Crippen molar-refractivity contribution >= 4 is 44.8 Å². The first-order valence-electron chi connectivity index (χ1n) is 6.43. The van der Waals surface area contributed by atoms with Gasteiger partial charge in [0.25, 0.3) is 5.91 Å². The number of benzene rings is 1. The van der Waals surface area contributed by atoms with Gasteiger partial charge in [0, 0.05) is 30.2 Å². The maximum absolute atomic E-state index is 11.8. The summed E-state index contributed by atoms with van der Waals surface area (Å²) >= 11 is 4.79. The zero-order chi connectivity index (χ0) is 15.2. The predicted octanol–water partition coefficient (Wildman–Crippen LogP) is 3.29. The zero-order valence-corrected chi connectivity index (χ0v) is 13.9. The minimum Gasteiger partial charge on any atom is -0.350 e. The van der Waals surface area contributed by atoms with Crippen molar-refractivity contribution in [3.8, 4) is 0 Å². The van der Waals surface area contributed by atoms with E-state index in [2.05, 4.69) is 21.2 Å². The van der Waals surface area contributed by atoms with Crippen molar-refractivity contribution in [1.29, 1.82) is 0 Å². The van der Waals surface area contributed by atoms with Crippen molar-refractivity contribution in [3.63, 3.8) is 0 Å². The molecule has 0 spiro atoms. The molecule has 1 heterocycles. The molecule has 4 nitrogen and oxygen atoms in total. The van der Waals surface area contributed by atoms with Gasteiger partial charge < -0.3 is 10.2 Å². The van der Waals surface area contributed by atoms with Gasteiger partial charge in [-0.1, -0.05) is 28.1 Å². The summed E-state index contributed by atoms with van der Waals surface area (Å²) in [6.45, 7) is 2.35. The molecular formula is C15H15BrN2O2S. The maximum Gasteiger partial charge on any atom is 0.261 e. The summed E-state index contributed by atoms with van der Waals surface area (Å²) in [4.78, 5) is 25.9. The Hall–Kier alpha value is -1.66. The van der Waals surface area contributed by atoms with Crippen LogP contribution in [0.4, 0.5) is 5.69 Å². The number of rotatable bonds is 5. The number of carbonyl (C=O) groups is 2. The van der Waals surface area contributed by atoms with Crippen LogP contribution in [0.2, 0.25) is 0 Å². The highest BCUT2D eigenvalue weighted by Crippen LogP contribution is 2.19. The molecule has 6 heteroatoms. The molecule has 2 aromatic rings. The van der Waals surface area contributed by atoms with Gasteiger partial charge in [-0.05, 0) is 29.6 Å². The fraction of sp³-hybridized carbons (Fsp3) is 0.200. The van der Waals surface area contributed by atoms with E-state index in [-0.39, 0.29) is 11.8 Å². The van der Waals surface area contributed by atoms with Gasteiger partial charge in [-0.15, -0.1) is 11.3 Å². The van der Waals surface area contributed by atoms with Crippen LogP contribution >= 0.6 is 27.3 Å². The van der Waals surface area contributed by atoms with Crippen LogP contribution in [0.25, 0.3) is 0 Å². The lowest BCUT2D eigenvalue weighted by molar-refractivity contribution is -0.116. The number of amides is 2. The molecule has 1 aromatic carbocycles. The number of thiophene rings is 1. The van der Waals surface area contributed by atoms with Crippen LogP contribution in [0, 0.1) is 0 Å². The second kappa shape index (κ2) is 7.38. The second-order valence-electron chi connectivity index (χ2n) is 4.38. The van der Waals surface area contributed by atoms with Crippen molar-refractivity contribution in [3.05, 3.63) is 51.1 Å². The Morgan fingerprint density at radius 3 is 2.71 bits per heavy atom. The van der Waals surface area contributed by atoms with Gasteiger partial charge in [0.2, 0.25) is 5.91 Å². The quantitative estimate of drug-likeness (QED) is 0.882. The Kier molecular flexibility index (Phi) is 5.52. The SMILES string of the molecule is CC(=O)N(CCNC(=O)c1cccs1)c1cccc(Br)c1. The number of carbonyl (C=O) groups excluding carboxylic acids is 2. The Bertz CT molecular complexity index is 628. The summed E-state index contributed by atoms with van der Waals surface area (Å²) in [5, 5.41) is 4.68. The van der Waals surface area contributed by atoms with Gasteiger partial charge in [0.15, 0.2) is 0 Å². The van der Waals surface area contributed by atoms with Gasteiger partial charge in [-0.2, -0.15) is 0 Å². The molecule has 0 aliphatic carbocycles. The van der Waals surface area contributed by atoms with Gasteiger partial charge in [0.05, 0.1) is 4.88 Å². The lowest BCUT2D eigenvalue weighted by atomic mass is 10.3. The third-order valence-electron chi connectivity index (χ3n) is 2.87. The van der Waals surface area contributed by atoms with Crippen molar-refractivity contribution in [1.82, 2.24) is 5.32 Å². The number of hydrogen-bond acceptors (Lipinski definition) is 3. The van der Waals surface area contributed by atoms with Crippen molar-refractivity contribution in [2.24, 2.45) is 0 Å². The summed E-state index contributed by atoms with van der Waals surface area (Å²) in [6.07, 6.45) is 0. The summed E-state index contributed by atoms with van der Waals surface area (Å²) < 4.78 is 0.911. The van der Waals surface area contributed by atoms with Crippen LogP contribution in [-0.2, 0) is 4.79 Å². The number of nitrogens with one attached hydrogen (secondary N) is 1. The first kappa shape index (κ1) is 15.7. The van der Waals surface area contributed by atoms with E-state index in [0.29, 0.717) is 18.0 Å². The fourth-order valence-corrected chi connectivity index (χ4v) is 2.92. The molecule has 0 unspecified atom stereocenters. The molecule has 0 aliphatic rings. The highest BCUT2D eigenvalue weighted by molar-refractivity contribution is 9.10. The molecule has 2 rings (SSSR count). The van der Waals surface area contributed by atoms with Gasteiger partial charge in [-0.3, -0.25) is 9.59 Å². The van der Waals surface area contributed by atoms with Crippen LogP contribution in [0.3, 0.4) is 0 Å². The topological polar surface area (TPSA) is 49.4 Å². The van der Waals surface area contributed by atoms with Crippen molar-refractivity contribution in [2.75, 3.05) is 18.0 Å². The molecule has 1 aromatic heterocycles. The monoisotopic (exact) mass is 366 g/mol. The minimum absolute atomic E-state index is 0.0570. The lowest BCUT2D eigenvalue weighted by Gasteiger charge is -2.21. The molecule has 0 saturated carbocycles. The molecule has 21 heavy (non-hydrogen) atoms. The molecule has 0 fully saturated rings. The fourth-order valence-electron chi connectivity index (χ4n) is 1.89. The Morgan fingerprint density at radius 2 is 2.10 bits per heavy atom. The highest BCUT2D eigenvalue weighted by atomic mass is 79.9. The summed E-state index contributed by atoms with van der Waals surface area (Å²) in [5.41, 5.74) is 0.808. The molecule has 0 bridgehead atoms. The summed E-state index contributed by atoms with van der Waals surface area (Å²) in [6, 6.07) is 11.1. The summed E-state index contributed by atoms with van der Waals surface area (Å²) in [5.74, 6) is -0.166. The summed E-state index contributed by atoms with van der Waals surface area (Å²) in [7, 11) is 0.